The summed E-state index contributed by atoms with van der Waals surface area (Å²) < 4.78 is 12.6. The van der Waals surface area contributed by atoms with Crippen LogP contribution in [0.1, 0.15) is 33.3 Å². The molecule has 1 aliphatic heterocycles. The molecule has 1 saturated heterocycles. The SMILES string of the molecule is CC1(C)OB(C(=Cc2ccnc(Br)c2)CO)OC1(C)C. The normalized spacial score (nSPS) is 21.3. The first kappa shape index (κ1) is 15.7. The Balaban J connectivity index is 2.26. The highest BCUT2D eigenvalue weighted by atomic mass is 79.9. The maximum atomic E-state index is 9.60. The summed E-state index contributed by atoms with van der Waals surface area (Å²) in [5.41, 5.74) is 0.808. The van der Waals surface area contributed by atoms with Crippen molar-refractivity contribution in [1.29, 1.82) is 0 Å². The summed E-state index contributed by atoms with van der Waals surface area (Å²) in [4.78, 5) is 4.08. The molecule has 0 saturated carbocycles. The lowest BCUT2D eigenvalue weighted by atomic mass is 9.77. The van der Waals surface area contributed by atoms with Gasteiger partial charge in [-0.15, -0.1) is 0 Å². The fourth-order valence-electron chi connectivity index (χ4n) is 1.90. The van der Waals surface area contributed by atoms with Crippen LogP contribution < -0.4 is 0 Å². The van der Waals surface area contributed by atoms with Crippen molar-refractivity contribution < 1.29 is 14.4 Å². The number of aliphatic hydroxyl groups is 1. The molecule has 0 spiro atoms. The van der Waals surface area contributed by atoms with Gasteiger partial charge in [0, 0.05) is 6.20 Å². The lowest BCUT2D eigenvalue weighted by molar-refractivity contribution is 0.00578. The van der Waals surface area contributed by atoms with Crippen LogP contribution in [0.5, 0.6) is 0 Å². The summed E-state index contributed by atoms with van der Waals surface area (Å²) in [6.07, 6.45) is 3.57. The second-order valence-electron chi connectivity index (χ2n) is 5.88. The van der Waals surface area contributed by atoms with Gasteiger partial charge in [0.05, 0.1) is 17.8 Å². The molecule has 1 aromatic rings. The molecule has 0 aliphatic carbocycles. The summed E-state index contributed by atoms with van der Waals surface area (Å²) in [6.45, 7) is 7.85. The molecule has 0 atom stereocenters. The first-order chi connectivity index (χ1) is 9.25. The van der Waals surface area contributed by atoms with Gasteiger partial charge >= 0.3 is 7.12 Å². The van der Waals surface area contributed by atoms with Gasteiger partial charge in [0.25, 0.3) is 0 Å². The summed E-state index contributed by atoms with van der Waals surface area (Å²) in [5.74, 6) is 0. The molecule has 0 unspecified atom stereocenters. The van der Waals surface area contributed by atoms with Crippen LogP contribution in [0.2, 0.25) is 0 Å². The van der Waals surface area contributed by atoms with E-state index in [1.165, 1.54) is 0 Å². The van der Waals surface area contributed by atoms with Crippen molar-refractivity contribution in [2.45, 2.75) is 38.9 Å². The predicted molar refractivity (Wildman–Crippen MR) is 83.1 cm³/mol. The summed E-state index contributed by atoms with van der Waals surface area (Å²) in [5, 5.41) is 9.60. The largest absolute Gasteiger partial charge is 0.492 e. The van der Waals surface area contributed by atoms with E-state index in [-0.39, 0.29) is 6.61 Å². The van der Waals surface area contributed by atoms with Crippen molar-refractivity contribution in [2.24, 2.45) is 0 Å². The molecule has 0 radical (unpaired) electrons. The van der Waals surface area contributed by atoms with Crippen LogP contribution in [-0.4, -0.2) is 35.0 Å². The molecule has 1 aromatic heterocycles. The zero-order valence-corrected chi connectivity index (χ0v) is 13.8. The average molecular weight is 340 g/mol. The molecule has 1 aliphatic rings. The number of pyridine rings is 1. The lowest BCUT2D eigenvalue weighted by Crippen LogP contribution is -2.41. The number of aromatic nitrogens is 1. The van der Waals surface area contributed by atoms with Crippen molar-refractivity contribution >= 4 is 29.1 Å². The maximum absolute atomic E-state index is 9.60. The molecule has 108 valence electrons. The van der Waals surface area contributed by atoms with Crippen molar-refractivity contribution in [3.63, 3.8) is 0 Å². The molecular weight excluding hydrogens is 321 g/mol. The van der Waals surface area contributed by atoms with E-state index in [0.717, 1.165) is 10.2 Å². The van der Waals surface area contributed by atoms with E-state index in [1.807, 2.05) is 45.9 Å². The minimum atomic E-state index is -0.531. The Bertz CT molecular complexity index is 515. The van der Waals surface area contributed by atoms with Crippen LogP contribution in [0.15, 0.2) is 28.4 Å². The number of hydrogen-bond donors (Lipinski definition) is 1. The van der Waals surface area contributed by atoms with E-state index < -0.39 is 18.3 Å². The third-order valence-corrected chi connectivity index (χ3v) is 4.27. The molecule has 6 heteroatoms. The van der Waals surface area contributed by atoms with Gasteiger partial charge in [0.15, 0.2) is 0 Å². The van der Waals surface area contributed by atoms with Gasteiger partial charge in [-0.05, 0) is 66.8 Å². The quantitative estimate of drug-likeness (QED) is 0.679. The van der Waals surface area contributed by atoms with E-state index in [4.69, 9.17) is 9.31 Å². The third kappa shape index (κ3) is 3.14. The van der Waals surface area contributed by atoms with Gasteiger partial charge in [0.1, 0.15) is 4.60 Å². The van der Waals surface area contributed by atoms with Crippen LogP contribution in [0, 0.1) is 0 Å². The molecular formula is C14H19BBrNO3. The van der Waals surface area contributed by atoms with Crippen molar-refractivity contribution in [1.82, 2.24) is 4.98 Å². The standard InChI is InChI=1S/C14H19BBrNO3/c1-13(2)14(3,4)20-15(19-13)11(9-18)7-10-5-6-17-12(16)8-10/h5-8,18H,9H2,1-4H3. The lowest BCUT2D eigenvalue weighted by Gasteiger charge is -2.32. The van der Waals surface area contributed by atoms with E-state index in [1.54, 1.807) is 6.20 Å². The van der Waals surface area contributed by atoms with Crippen LogP contribution in [0.3, 0.4) is 0 Å². The highest BCUT2D eigenvalue weighted by Gasteiger charge is 2.52. The van der Waals surface area contributed by atoms with E-state index in [2.05, 4.69) is 20.9 Å². The van der Waals surface area contributed by atoms with Crippen LogP contribution in [0.4, 0.5) is 0 Å². The van der Waals surface area contributed by atoms with Crippen LogP contribution in [-0.2, 0) is 9.31 Å². The fourth-order valence-corrected chi connectivity index (χ4v) is 2.29. The smallest absolute Gasteiger partial charge is 0.400 e. The Kier molecular flexibility index (Phi) is 4.40. The molecule has 4 nitrogen and oxygen atoms in total. The molecule has 0 amide bonds. The van der Waals surface area contributed by atoms with Crippen molar-refractivity contribution in [3.05, 3.63) is 34.0 Å². The van der Waals surface area contributed by atoms with E-state index in [0.29, 0.717) is 5.47 Å². The number of halogens is 1. The Morgan fingerprint density at radius 2 is 1.95 bits per heavy atom. The highest BCUT2D eigenvalue weighted by molar-refractivity contribution is 9.10. The topological polar surface area (TPSA) is 51.6 Å². The maximum Gasteiger partial charge on any atom is 0.492 e. The van der Waals surface area contributed by atoms with Gasteiger partial charge in [-0.3, -0.25) is 0 Å². The molecule has 0 aromatic carbocycles. The number of nitrogens with zero attached hydrogens (tertiary/aromatic N) is 1. The van der Waals surface area contributed by atoms with E-state index >= 15 is 0 Å². The van der Waals surface area contributed by atoms with Gasteiger partial charge in [0.2, 0.25) is 0 Å². The first-order valence-electron chi connectivity index (χ1n) is 6.54. The second kappa shape index (κ2) is 5.60. The van der Waals surface area contributed by atoms with Gasteiger partial charge in [-0.1, -0.05) is 6.08 Å². The molecule has 1 fully saturated rings. The predicted octanol–water partition coefficient (Wildman–Crippen LogP) is 2.85. The molecule has 20 heavy (non-hydrogen) atoms. The molecule has 2 rings (SSSR count). The van der Waals surface area contributed by atoms with E-state index in [9.17, 15) is 5.11 Å². The molecule has 2 heterocycles. The summed E-state index contributed by atoms with van der Waals surface area (Å²) >= 11 is 3.33. The van der Waals surface area contributed by atoms with Crippen LogP contribution >= 0.6 is 15.9 Å². The highest BCUT2D eigenvalue weighted by Crippen LogP contribution is 2.38. The zero-order valence-electron chi connectivity index (χ0n) is 12.2. The Hall–Kier alpha value is -0.685. The summed E-state index contributed by atoms with van der Waals surface area (Å²) in [6, 6.07) is 3.74. The Morgan fingerprint density at radius 1 is 1.35 bits per heavy atom. The summed E-state index contributed by atoms with van der Waals surface area (Å²) in [7, 11) is -0.531. The monoisotopic (exact) mass is 339 g/mol. The van der Waals surface area contributed by atoms with Crippen molar-refractivity contribution in [2.75, 3.05) is 6.61 Å². The molecule has 1 N–H and O–H groups in total. The fraction of sp³-hybridized carbons (Fsp3) is 0.500. The Labute approximate surface area is 128 Å². The minimum absolute atomic E-state index is 0.114. The minimum Gasteiger partial charge on any atom is -0.400 e. The molecule has 0 bridgehead atoms. The average Bonchev–Trinajstić information content (AvgIpc) is 2.55. The van der Waals surface area contributed by atoms with Gasteiger partial charge in [-0.25, -0.2) is 4.98 Å². The zero-order chi connectivity index (χ0) is 15.0. The number of rotatable bonds is 3. The number of aliphatic hydroxyl groups excluding tert-OH is 1. The van der Waals surface area contributed by atoms with Crippen molar-refractivity contribution in [3.8, 4) is 0 Å². The van der Waals surface area contributed by atoms with Crippen LogP contribution in [0.25, 0.3) is 6.08 Å². The van der Waals surface area contributed by atoms with Gasteiger partial charge in [-0.2, -0.15) is 0 Å². The van der Waals surface area contributed by atoms with Gasteiger partial charge < -0.3 is 14.4 Å². The second-order valence-corrected chi connectivity index (χ2v) is 6.69. The first-order valence-corrected chi connectivity index (χ1v) is 7.33. The number of hydrogen-bond acceptors (Lipinski definition) is 4. The third-order valence-electron chi connectivity index (χ3n) is 3.84. The Morgan fingerprint density at radius 3 is 2.45 bits per heavy atom.